The first-order chi connectivity index (χ1) is 8.45. The highest BCUT2D eigenvalue weighted by Gasteiger charge is 2.27. The first-order valence-electron chi connectivity index (χ1n) is 7.65. The van der Waals surface area contributed by atoms with E-state index >= 15 is 0 Å². The Balaban J connectivity index is 2.21. The molecule has 3 nitrogen and oxygen atoms in total. The minimum atomic E-state index is 0.331. The van der Waals surface area contributed by atoms with Gasteiger partial charge in [-0.05, 0) is 53.6 Å². The van der Waals surface area contributed by atoms with Gasteiger partial charge in [-0.3, -0.25) is 9.80 Å². The fourth-order valence-electron chi connectivity index (χ4n) is 2.63. The molecule has 0 saturated carbocycles. The highest BCUT2D eigenvalue weighted by molar-refractivity contribution is 4.83. The van der Waals surface area contributed by atoms with Gasteiger partial charge in [-0.15, -0.1) is 0 Å². The quantitative estimate of drug-likeness (QED) is 0.734. The molecule has 0 bridgehead atoms. The van der Waals surface area contributed by atoms with Crippen LogP contribution in [0.15, 0.2) is 0 Å². The van der Waals surface area contributed by atoms with Gasteiger partial charge in [0.1, 0.15) is 0 Å². The van der Waals surface area contributed by atoms with Crippen molar-refractivity contribution in [1.82, 2.24) is 15.1 Å². The van der Waals surface area contributed by atoms with Gasteiger partial charge < -0.3 is 5.32 Å². The topological polar surface area (TPSA) is 18.5 Å². The maximum atomic E-state index is 3.50. The van der Waals surface area contributed by atoms with Gasteiger partial charge in [0, 0.05) is 37.8 Å². The summed E-state index contributed by atoms with van der Waals surface area (Å²) in [5.74, 6) is 0. The molecule has 0 amide bonds. The molecule has 1 unspecified atom stereocenters. The van der Waals surface area contributed by atoms with E-state index in [1.54, 1.807) is 0 Å². The smallest absolute Gasteiger partial charge is 0.0126 e. The number of nitrogens with zero attached hydrogens (tertiary/aromatic N) is 2. The van der Waals surface area contributed by atoms with Gasteiger partial charge in [0.15, 0.2) is 0 Å². The van der Waals surface area contributed by atoms with Crippen LogP contribution in [0, 0.1) is 0 Å². The third kappa shape index (κ3) is 5.25. The Hall–Kier alpha value is -0.120. The lowest BCUT2D eigenvalue weighted by Gasteiger charge is -2.44. The van der Waals surface area contributed by atoms with Gasteiger partial charge in [0.05, 0.1) is 0 Å². The van der Waals surface area contributed by atoms with Crippen molar-refractivity contribution in [2.75, 3.05) is 39.3 Å². The average Bonchev–Trinajstić information content (AvgIpc) is 2.33. The molecule has 1 heterocycles. The molecule has 0 radical (unpaired) electrons. The van der Waals surface area contributed by atoms with Crippen LogP contribution in [0.2, 0.25) is 0 Å². The second-order valence-electron chi connectivity index (χ2n) is 6.58. The summed E-state index contributed by atoms with van der Waals surface area (Å²) < 4.78 is 0. The molecule has 1 rings (SSSR count). The minimum Gasteiger partial charge on any atom is -0.317 e. The maximum absolute atomic E-state index is 3.50. The van der Waals surface area contributed by atoms with Crippen LogP contribution < -0.4 is 5.32 Å². The zero-order chi connectivity index (χ0) is 13.6. The Morgan fingerprint density at radius 2 is 1.67 bits per heavy atom. The molecule has 1 aliphatic rings. The Labute approximate surface area is 114 Å². The molecule has 0 aromatic carbocycles. The average molecular weight is 255 g/mol. The molecule has 0 aliphatic carbocycles. The van der Waals surface area contributed by atoms with E-state index < -0.39 is 0 Å². The Morgan fingerprint density at radius 1 is 1.06 bits per heavy atom. The van der Waals surface area contributed by atoms with Crippen molar-refractivity contribution in [3.8, 4) is 0 Å². The monoisotopic (exact) mass is 255 g/mol. The van der Waals surface area contributed by atoms with E-state index in [2.05, 4.69) is 49.7 Å². The van der Waals surface area contributed by atoms with Gasteiger partial charge in [-0.2, -0.15) is 0 Å². The van der Waals surface area contributed by atoms with E-state index in [1.807, 2.05) is 0 Å². The predicted molar refractivity (Wildman–Crippen MR) is 80.1 cm³/mol. The normalized spacial score (nSPS) is 21.2. The van der Waals surface area contributed by atoms with Crippen molar-refractivity contribution < 1.29 is 0 Å². The molecular formula is C15H33N3. The molecule has 0 spiro atoms. The molecule has 1 saturated heterocycles. The van der Waals surface area contributed by atoms with Crippen molar-refractivity contribution >= 4 is 0 Å². The third-order valence-electron chi connectivity index (χ3n) is 4.05. The van der Waals surface area contributed by atoms with Crippen LogP contribution in [0.4, 0.5) is 0 Å². The van der Waals surface area contributed by atoms with Crippen LogP contribution in [-0.2, 0) is 0 Å². The van der Waals surface area contributed by atoms with Crippen molar-refractivity contribution in [2.45, 2.75) is 59.0 Å². The summed E-state index contributed by atoms with van der Waals surface area (Å²) in [7, 11) is 0. The van der Waals surface area contributed by atoms with Crippen LogP contribution in [-0.4, -0.2) is 60.6 Å². The number of rotatable bonds is 6. The molecule has 108 valence electrons. The van der Waals surface area contributed by atoms with Crippen LogP contribution >= 0.6 is 0 Å². The number of hydrogen-bond acceptors (Lipinski definition) is 3. The summed E-state index contributed by atoms with van der Waals surface area (Å²) in [6.45, 7) is 18.8. The van der Waals surface area contributed by atoms with Gasteiger partial charge in [-0.1, -0.05) is 6.92 Å². The maximum Gasteiger partial charge on any atom is 0.0126 e. The molecule has 1 N–H and O–H groups in total. The Kier molecular flexibility index (Phi) is 6.61. The Bertz CT molecular complexity index is 214. The molecule has 0 aromatic rings. The predicted octanol–water partition coefficient (Wildman–Crippen LogP) is 2.18. The lowest BCUT2D eigenvalue weighted by molar-refractivity contribution is 0.0440. The zero-order valence-corrected chi connectivity index (χ0v) is 13.1. The van der Waals surface area contributed by atoms with Gasteiger partial charge >= 0.3 is 0 Å². The first kappa shape index (κ1) is 15.9. The van der Waals surface area contributed by atoms with Gasteiger partial charge in [-0.25, -0.2) is 0 Å². The van der Waals surface area contributed by atoms with E-state index in [0.717, 1.165) is 19.1 Å². The first-order valence-corrected chi connectivity index (χ1v) is 7.65. The van der Waals surface area contributed by atoms with Crippen molar-refractivity contribution in [1.29, 1.82) is 0 Å². The highest BCUT2D eigenvalue weighted by atomic mass is 15.3. The lowest BCUT2D eigenvalue weighted by atomic mass is 10.0. The van der Waals surface area contributed by atoms with Crippen LogP contribution in [0.25, 0.3) is 0 Å². The zero-order valence-electron chi connectivity index (χ0n) is 13.1. The number of nitrogens with one attached hydrogen (secondary N) is 1. The molecule has 18 heavy (non-hydrogen) atoms. The summed E-state index contributed by atoms with van der Waals surface area (Å²) in [6.07, 6.45) is 2.51. The largest absolute Gasteiger partial charge is 0.317 e. The highest BCUT2D eigenvalue weighted by Crippen LogP contribution is 2.17. The van der Waals surface area contributed by atoms with Crippen molar-refractivity contribution in [3.05, 3.63) is 0 Å². The van der Waals surface area contributed by atoms with Crippen molar-refractivity contribution in [3.63, 3.8) is 0 Å². The summed E-state index contributed by atoms with van der Waals surface area (Å²) in [6, 6.07) is 0.719. The second-order valence-corrected chi connectivity index (χ2v) is 6.58. The fourth-order valence-corrected chi connectivity index (χ4v) is 2.63. The molecule has 1 aliphatic heterocycles. The molecule has 3 heteroatoms. The van der Waals surface area contributed by atoms with Gasteiger partial charge in [0.25, 0.3) is 0 Å². The van der Waals surface area contributed by atoms with E-state index in [4.69, 9.17) is 0 Å². The number of hydrogen-bond donors (Lipinski definition) is 1. The van der Waals surface area contributed by atoms with Crippen LogP contribution in [0.3, 0.4) is 0 Å². The van der Waals surface area contributed by atoms with Crippen LogP contribution in [0.5, 0.6) is 0 Å². The van der Waals surface area contributed by atoms with Gasteiger partial charge in [0.2, 0.25) is 0 Å². The third-order valence-corrected chi connectivity index (χ3v) is 4.05. The minimum absolute atomic E-state index is 0.331. The summed E-state index contributed by atoms with van der Waals surface area (Å²) >= 11 is 0. The standard InChI is InChI=1S/C15H33N3/c1-6-8-16-9-7-14(2)17-10-12-18(13-11-17)15(3,4)5/h14,16H,6-13H2,1-5H3. The summed E-state index contributed by atoms with van der Waals surface area (Å²) in [5, 5.41) is 3.50. The van der Waals surface area contributed by atoms with E-state index in [1.165, 1.54) is 39.0 Å². The SMILES string of the molecule is CCCNCCC(C)N1CCN(C(C)(C)C)CC1. The van der Waals surface area contributed by atoms with E-state index in [-0.39, 0.29) is 0 Å². The second kappa shape index (κ2) is 7.46. The summed E-state index contributed by atoms with van der Waals surface area (Å²) in [4.78, 5) is 5.25. The molecule has 0 aromatic heterocycles. The fraction of sp³-hybridized carbons (Fsp3) is 1.00. The number of piperazine rings is 1. The molecule has 1 fully saturated rings. The Morgan fingerprint density at radius 3 is 2.17 bits per heavy atom. The molecule has 1 atom stereocenters. The molecular weight excluding hydrogens is 222 g/mol. The van der Waals surface area contributed by atoms with Crippen LogP contribution in [0.1, 0.15) is 47.5 Å². The van der Waals surface area contributed by atoms with Crippen molar-refractivity contribution in [2.24, 2.45) is 0 Å². The van der Waals surface area contributed by atoms with E-state index in [0.29, 0.717) is 5.54 Å². The lowest BCUT2D eigenvalue weighted by Crippen LogP contribution is -2.55. The van der Waals surface area contributed by atoms with E-state index in [9.17, 15) is 0 Å². The summed E-state index contributed by atoms with van der Waals surface area (Å²) in [5.41, 5.74) is 0.331.